The standard InChI is InChI=1S/C28H33N7O2S/c1-5-24-26(25-16-19(2)6-7-20(25)3)31-28(33-38(36)23-17-30-34(4)18-23)32-27(24)37-22-10-8-21(9-11-22)35-14-12-29-13-15-35/h6-11,16-18,29H,5,12-15H2,1-4H3,(H,31,32,33). The summed E-state index contributed by atoms with van der Waals surface area (Å²) in [5.74, 6) is 1.36. The maximum absolute atomic E-state index is 13.0. The van der Waals surface area contributed by atoms with Crippen molar-refractivity contribution in [1.29, 1.82) is 0 Å². The van der Waals surface area contributed by atoms with Gasteiger partial charge in [0, 0.05) is 56.2 Å². The van der Waals surface area contributed by atoms with Crippen LogP contribution in [0.25, 0.3) is 11.3 Å². The van der Waals surface area contributed by atoms with Crippen molar-refractivity contribution >= 4 is 22.6 Å². The molecule has 4 aromatic rings. The molecule has 2 aromatic heterocycles. The highest BCUT2D eigenvalue weighted by Crippen LogP contribution is 2.35. The molecule has 10 heteroatoms. The van der Waals surface area contributed by atoms with Crippen LogP contribution in [-0.4, -0.2) is 50.1 Å². The van der Waals surface area contributed by atoms with Crippen LogP contribution in [0.2, 0.25) is 0 Å². The molecule has 0 radical (unpaired) electrons. The molecule has 0 aliphatic carbocycles. The minimum absolute atomic E-state index is 0.229. The first-order valence-corrected chi connectivity index (χ1v) is 14.0. The smallest absolute Gasteiger partial charge is 0.238 e. The minimum Gasteiger partial charge on any atom is -0.439 e. The van der Waals surface area contributed by atoms with Crippen molar-refractivity contribution in [2.75, 3.05) is 35.8 Å². The number of rotatable bonds is 8. The molecule has 0 bridgehead atoms. The number of ether oxygens (including phenoxy) is 1. The Balaban J connectivity index is 1.52. The van der Waals surface area contributed by atoms with E-state index in [0.29, 0.717) is 22.9 Å². The lowest BCUT2D eigenvalue weighted by molar-refractivity contribution is 0.456. The summed E-state index contributed by atoms with van der Waals surface area (Å²) in [5, 5.41) is 7.50. The van der Waals surface area contributed by atoms with Crippen molar-refractivity contribution in [2.24, 2.45) is 7.05 Å². The van der Waals surface area contributed by atoms with Gasteiger partial charge in [-0.2, -0.15) is 10.1 Å². The summed E-state index contributed by atoms with van der Waals surface area (Å²) >= 11 is 0. The first-order valence-electron chi connectivity index (χ1n) is 12.8. The van der Waals surface area contributed by atoms with Gasteiger partial charge in [0.2, 0.25) is 11.8 Å². The van der Waals surface area contributed by atoms with Gasteiger partial charge in [-0.1, -0.05) is 24.6 Å². The maximum atomic E-state index is 13.0. The number of anilines is 2. The Bertz CT molecular complexity index is 1450. The number of hydrogen-bond acceptors (Lipinski definition) is 7. The molecule has 1 fully saturated rings. The quantitative estimate of drug-likeness (QED) is 0.348. The van der Waals surface area contributed by atoms with E-state index in [9.17, 15) is 4.21 Å². The van der Waals surface area contributed by atoms with Gasteiger partial charge in [0.1, 0.15) is 5.75 Å². The summed E-state index contributed by atoms with van der Waals surface area (Å²) in [5.41, 5.74) is 6.05. The van der Waals surface area contributed by atoms with E-state index < -0.39 is 11.0 Å². The Kier molecular flexibility index (Phi) is 7.71. The summed E-state index contributed by atoms with van der Waals surface area (Å²) in [7, 11) is 0.201. The minimum atomic E-state index is -1.58. The molecule has 0 amide bonds. The average Bonchev–Trinajstić information content (AvgIpc) is 3.37. The monoisotopic (exact) mass is 531 g/mol. The van der Waals surface area contributed by atoms with Gasteiger partial charge in [0.05, 0.1) is 16.8 Å². The number of aryl methyl sites for hydroxylation is 3. The number of piperazine rings is 1. The van der Waals surface area contributed by atoms with E-state index in [4.69, 9.17) is 9.72 Å². The van der Waals surface area contributed by atoms with E-state index in [-0.39, 0.29) is 5.95 Å². The normalized spacial score (nSPS) is 14.4. The first-order chi connectivity index (χ1) is 18.4. The van der Waals surface area contributed by atoms with Crippen molar-refractivity contribution in [2.45, 2.75) is 32.1 Å². The van der Waals surface area contributed by atoms with Gasteiger partial charge in [-0.15, -0.1) is 0 Å². The van der Waals surface area contributed by atoms with Gasteiger partial charge < -0.3 is 15.0 Å². The van der Waals surface area contributed by atoms with Crippen molar-refractivity contribution < 1.29 is 8.95 Å². The molecule has 1 unspecified atom stereocenters. The fraction of sp³-hybridized carbons (Fsp3) is 0.321. The van der Waals surface area contributed by atoms with E-state index in [1.807, 2.05) is 12.1 Å². The van der Waals surface area contributed by atoms with Crippen molar-refractivity contribution in [3.63, 3.8) is 0 Å². The SMILES string of the molecule is CCc1c(Oc2ccc(N3CCNCC3)cc2)nc(NS(=O)c2cnn(C)c2)nc1-c1cc(C)ccc1C. The van der Waals surface area contributed by atoms with E-state index in [1.165, 1.54) is 5.69 Å². The van der Waals surface area contributed by atoms with Crippen LogP contribution in [0.3, 0.4) is 0 Å². The summed E-state index contributed by atoms with van der Waals surface area (Å²) in [6.07, 6.45) is 3.93. The summed E-state index contributed by atoms with van der Waals surface area (Å²) in [6, 6.07) is 14.4. The van der Waals surface area contributed by atoms with Gasteiger partial charge >= 0.3 is 0 Å². The van der Waals surface area contributed by atoms with Crippen LogP contribution in [0.15, 0.2) is 59.8 Å². The highest BCUT2D eigenvalue weighted by atomic mass is 32.2. The zero-order valence-corrected chi connectivity index (χ0v) is 23.0. The van der Waals surface area contributed by atoms with Crippen LogP contribution in [0.4, 0.5) is 11.6 Å². The fourth-order valence-corrected chi connectivity index (χ4v) is 5.29. The zero-order valence-electron chi connectivity index (χ0n) is 22.2. The van der Waals surface area contributed by atoms with E-state index in [1.54, 1.807) is 24.1 Å². The zero-order chi connectivity index (χ0) is 26.6. The molecule has 0 spiro atoms. The molecule has 2 aromatic carbocycles. The third kappa shape index (κ3) is 5.71. The molecule has 1 atom stereocenters. The second kappa shape index (κ2) is 11.3. The highest BCUT2D eigenvalue weighted by molar-refractivity contribution is 7.86. The third-order valence-corrected chi connectivity index (χ3v) is 7.59. The average molecular weight is 532 g/mol. The van der Waals surface area contributed by atoms with Crippen LogP contribution < -0.4 is 19.7 Å². The molecular weight excluding hydrogens is 498 g/mol. The molecule has 3 heterocycles. The number of benzene rings is 2. The lowest BCUT2D eigenvalue weighted by atomic mass is 9.98. The Morgan fingerprint density at radius 3 is 2.53 bits per heavy atom. The van der Waals surface area contributed by atoms with Gasteiger partial charge in [-0.3, -0.25) is 9.40 Å². The van der Waals surface area contributed by atoms with E-state index >= 15 is 0 Å². The summed E-state index contributed by atoms with van der Waals surface area (Å²) in [6.45, 7) is 10.1. The number of hydrogen-bond donors (Lipinski definition) is 2. The predicted molar refractivity (Wildman–Crippen MR) is 151 cm³/mol. The van der Waals surface area contributed by atoms with Crippen LogP contribution in [0, 0.1) is 13.8 Å². The Morgan fingerprint density at radius 1 is 1.08 bits per heavy atom. The molecular formula is C28H33N7O2S. The first kappa shape index (κ1) is 25.9. The lowest BCUT2D eigenvalue weighted by Gasteiger charge is -2.29. The third-order valence-electron chi connectivity index (χ3n) is 6.58. The molecule has 1 aliphatic heterocycles. The molecule has 9 nitrogen and oxygen atoms in total. The van der Waals surface area contributed by atoms with Gasteiger partial charge in [0.25, 0.3) is 0 Å². The largest absolute Gasteiger partial charge is 0.439 e. The van der Waals surface area contributed by atoms with E-state index in [2.05, 4.69) is 76.1 Å². The summed E-state index contributed by atoms with van der Waals surface area (Å²) < 4.78 is 24.0. The molecule has 0 saturated carbocycles. The van der Waals surface area contributed by atoms with Crippen LogP contribution in [0.5, 0.6) is 11.6 Å². The van der Waals surface area contributed by atoms with Crippen LogP contribution in [-0.2, 0) is 24.5 Å². The molecule has 1 saturated heterocycles. The van der Waals surface area contributed by atoms with Gasteiger partial charge in [-0.25, -0.2) is 9.19 Å². The fourth-order valence-electron chi connectivity index (χ4n) is 4.52. The predicted octanol–water partition coefficient (Wildman–Crippen LogP) is 4.39. The van der Waals surface area contributed by atoms with E-state index in [0.717, 1.165) is 54.1 Å². The molecule has 1 aliphatic rings. The van der Waals surface area contributed by atoms with Crippen LogP contribution >= 0.6 is 0 Å². The number of nitrogens with zero attached hydrogens (tertiary/aromatic N) is 5. The highest BCUT2D eigenvalue weighted by Gasteiger charge is 2.20. The van der Waals surface area contributed by atoms with Crippen molar-refractivity contribution in [3.05, 3.63) is 71.5 Å². The van der Waals surface area contributed by atoms with Crippen molar-refractivity contribution in [1.82, 2.24) is 25.1 Å². The second-order valence-electron chi connectivity index (χ2n) is 9.40. The van der Waals surface area contributed by atoms with Gasteiger partial charge in [0.15, 0.2) is 11.0 Å². The molecule has 2 N–H and O–H groups in total. The summed E-state index contributed by atoms with van der Waals surface area (Å²) in [4.78, 5) is 12.4. The van der Waals surface area contributed by atoms with Crippen LogP contribution in [0.1, 0.15) is 23.6 Å². The number of aromatic nitrogens is 4. The van der Waals surface area contributed by atoms with Crippen molar-refractivity contribution in [3.8, 4) is 22.9 Å². The van der Waals surface area contributed by atoms with Gasteiger partial charge in [-0.05, 0) is 56.2 Å². The lowest BCUT2D eigenvalue weighted by Crippen LogP contribution is -2.43. The Morgan fingerprint density at radius 2 is 1.84 bits per heavy atom. The Hall–Kier alpha value is -3.76. The maximum Gasteiger partial charge on any atom is 0.238 e. The number of nitrogens with one attached hydrogen (secondary N) is 2. The molecule has 38 heavy (non-hydrogen) atoms. The topological polar surface area (TPSA) is 97.2 Å². The second-order valence-corrected chi connectivity index (χ2v) is 10.6. The molecule has 5 rings (SSSR count). The molecule has 198 valence electrons. The Labute approximate surface area is 225 Å².